The second kappa shape index (κ2) is 4.52. The number of carbonyl (C=O) groups is 1. The number of benzene rings is 1. The Morgan fingerprint density at radius 1 is 1.28 bits per heavy atom. The van der Waals surface area contributed by atoms with Gasteiger partial charge in [-0.3, -0.25) is 5.32 Å². The van der Waals surface area contributed by atoms with Gasteiger partial charge in [-0.2, -0.15) is 0 Å². The van der Waals surface area contributed by atoms with Crippen LogP contribution in [0.1, 0.15) is 38.3 Å². The van der Waals surface area contributed by atoms with Crippen LogP contribution in [0.4, 0.5) is 10.5 Å². The Balaban J connectivity index is 2.12. The maximum atomic E-state index is 11.6. The zero-order chi connectivity index (χ0) is 13.3. The molecule has 1 aromatic rings. The molecule has 1 aromatic carbocycles. The lowest BCUT2D eigenvalue weighted by Gasteiger charge is -2.20. The van der Waals surface area contributed by atoms with Gasteiger partial charge in [-0.05, 0) is 63.3 Å². The van der Waals surface area contributed by atoms with Crippen LogP contribution in [0.15, 0.2) is 12.1 Å². The zero-order valence-electron chi connectivity index (χ0n) is 11.0. The summed E-state index contributed by atoms with van der Waals surface area (Å²) in [5.41, 5.74) is 2.24. The Bertz CT molecular complexity index is 475. The molecule has 2 N–H and O–H groups in total. The van der Waals surface area contributed by atoms with Gasteiger partial charge in [-0.15, -0.1) is 0 Å². The first kappa shape index (κ1) is 12.7. The predicted molar refractivity (Wildman–Crippen MR) is 70.0 cm³/mol. The smallest absolute Gasteiger partial charge is 0.412 e. The highest BCUT2D eigenvalue weighted by molar-refractivity contribution is 5.87. The number of aryl methyl sites for hydroxylation is 2. The molecule has 98 valence electrons. The SMILES string of the molecule is CC(C)(C)OC(=O)Nc1cc2c(cc1O)CCC2. The molecule has 0 spiro atoms. The minimum absolute atomic E-state index is 0.0986. The molecule has 1 amide bonds. The summed E-state index contributed by atoms with van der Waals surface area (Å²) >= 11 is 0. The van der Waals surface area contributed by atoms with E-state index in [1.54, 1.807) is 26.8 Å². The number of fused-ring (bicyclic) bond motifs is 1. The molecular weight excluding hydrogens is 230 g/mol. The van der Waals surface area contributed by atoms with Gasteiger partial charge in [0.1, 0.15) is 11.4 Å². The molecule has 0 radical (unpaired) electrons. The molecule has 0 aromatic heterocycles. The van der Waals surface area contributed by atoms with Crippen molar-refractivity contribution >= 4 is 11.8 Å². The van der Waals surface area contributed by atoms with E-state index in [4.69, 9.17) is 4.74 Å². The fourth-order valence-electron chi connectivity index (χ4n) is 2.12. The summed E-state index contributed by atoms with van der Waals surface area (Å²) in [7, 11) is 0. The number of ether oxygens (including phenoxy) is 1. The standard InChI is InChI=1S/C14H19NO3/c1-14(2,3)18-13(17)15-11-7-9-5-4-6-10(9)8-12(11)16/h7-8,16H,4-6H2,1-3H3,(H,15,17). The van der Waals surface area contributed by atoms with Gasteiger partial charge in [-0.1, -0.05) is 0 Å². The van der Waals surface area contributed by atoms with Crippen molar-refractivity contribution in [2.45, 2.75) is 45.6 Å². The van der Waals surface area contributed by atoms with Crippen molar-refractivity contribution in [3.05, 3.63) is 23.3 Å². The molecule has 1 aliphatic carbocycles. The van der Waals surface area contributed by atoms with Gasteiger partial charge < -0.3 is 9.84 Å². The topological polar surface area (TPSA) is 58.6 Å². The second-order valence-corrected chi connectivity index (χ2v) is 5.62. The van der Waals surface area contributed by atoms with Crippen molar-refractivity contribution in [2.75, 3.05) is 5.32 Å². The van der Waals surface area contributed by atoms with E-state index in [-0.39, 0.29) is 5.75 Å². The molecule has 18 heavy (non-hydrogen) atoms. The average molecular weight is 249 g/mol. The number of carbonyl (C=O) groups excluding carboxylic acids is 1. The van der Waals surface area contributed by atoms with E-state index < -0.39 is 11.7 Å². The van der Waals surface area contributed by atoms with Crippen LogP contribution in [0.2, 0.25) is 0 Å². The van der Waals surface area contributed by atoms with Crippen LogP contribution in [-0.4, -0.2) is 16.8 Å². The summed E-state index contributed by atoms with van der Waals surface area (Å²) in [6, 6.07) is 3.57. The molecule has 4 heteroatoms. The van der Waals surface area contributed by atoms with Crippen molar-refractivity contribution in [1.82, 2.24) is 0 Å². The van der Waals surface area contributed by atoms with E-state index in [9.17, 15) is 9.90 Å². The lowest BCUT2D eigenvalue weighted by atomic mass is 10.1. The maximum Gasteiger partial charge on any atom is 0.412 e. The third kappa shape index (κ3) is 2.94. The van der Waals surface area contributed by atoms with Gasteiger partial charge in [-0.25, -0.2) is 4.79 Å². The molecule has 0 bridgehead atoms. The fraction of sp³-hybridized carbons (Fsp3) is 0.500. The number of anilines is 1. The Morgan fingerprint density at radius 3 is 2.50 bits per heavy atom. The summed E-state index contributed by atoms with van der Waals surface area (Å²) in [4.78, 5) is 11.6. The molecule has 2 rings (SSSR count). The molecule has 0 fully saturated rings. The first-order chi connectivity index (χ1) is 8.35. The van der Waals surface area contributed by atoms with E-state index in [1.165, 1.54) is 11.1 Å². The van der Waals surface area contributed by atoms with Crippen LogP contribution < -0.4 is 5.32 Å². The number of rotatable bonds is 1. The van der Waals surface area contributed by atoms with Crippen molar-refractivity contribution < 1.29 is 14.6 Å². The molecule has 0 saturated heterocycles. The molecule has 1 aliphatic rings. The van der Waals surface area contributed by atoms with Crippen molar-refractivity contribution in [2.24, 2.45) is 0 Å². The lowest BCUT2D eigenvalue weighted by Crippen LogP contribution is -2.27. The van der Waals surface area contributed by atoms with Crippen molar-refractivity contribution in [3.8, 4) is 5.75 Å². The summed E-state index contributed by atoms with van der Waals surface area (Å²) in [5, 5.41) is 12.4. The van der Waals surface area contributed by atoms with Crippen molar-refractivity contribution in [1.29, 1.82) is 0 Å². The predicted octanol–water partition coefficient (Wildman–Crippen LogP) is 3.23. The van der Waals surface area contributed by atoms with Gasteiger partial charge in [0.25, 0.3) is 0 Å². The Labute approximate surface area is 107 Å². The fourth-order valence-corrected chi connectivity index (χ4v) is 2.12. The van der Waals surface area contributed by atoms with Crippen LogP contribution >= 0.6 is 0 Å². The van der Waals surface area contributed by atoms with Crippen LogP contribution in [-0.2, 0) is 17.6 Å². The van der Waals surface area contributed by atoms with Gasteiger partial charge in [0.2, 0.25) is 0 Å². The zero-order valence-corrected chi connectivity index (χ0v) is 11.0. The number of aromatic hydroxyl groups is 1. The average Bonchev–Trinajstić information content (AvgIpc) is 2.62. The van der Waals surface area contributed by atoms with Gasteiger partial charge >= 0.3 is 6.09 Å². The third-order valence-electron chi connectivity index (χ3n) is 2.85. The Hall–Kier alpha value is -1.71. The molecule has 0 unspecified atom stereocenters. The van der Waals surface area contributed by atoms with E-state index in [1.807, 2.05) is 6.07 Å². The Kier molecular flexibility index (Phi) is 3.20. The van der Waals surface area contributed by atoms with E-state index >= 15 is 0 Å². The van der Waals surface area contributed by atoms with Gasteiger partial charge in [0.05, 0.1) is 5.69 Å². The van der Waals surface area contributed by atoms with Crippen LogP contribution in [0.3, 0.4) is 0 Å². The molecule has 0 aliphatic heterocycles. The number of hydrogen-bond donors (Lipinski definition) is 2. The summed E-state index contributed by atoms with van der Waals surface area (Å²) in [5.74, 6) is 0.0986. The summed E-state index contributed by atoms with van der Waals surface area (Å²) in [6.07, 6.45) is 2.55. The molecule has 0 atom stereocenters. The van der Waals surface area contributed by atoms with E-state index in [2.05, 4.69) is 5.32 Å². The number of phenols is 1. The number of amides is 1. The highest BCUT2D eigenvalue weighted by Gasteiger charge is 2.19. The highest BCUT2D eigenvalue weighted by Crippen LogP contribution is 2.32. The number of phenolic OH excluding ortho intramolecular Hbond substituents is 1. The van der Waals surface area contributed by atoms with E-state index in [0.717, 1.165) is 19.3 Å². The van der Waals surface area contributed by atoms with Crippen molar-refractivity contribution in [3.63, 3.8) is 0 Å². The first-order valence-corrected chi connectivity index (χ1v) is 6.20. The number of nitrogens with one attached hydrogen (secondary N) is 1. The maximum absolute atomic E-state index is 11.6. The lowest BCUT2D eigenvalue weighted by molar-refractivity contribution is 0.0635. The third-order valence-corrected chi connectivity index (χ3v) is 2.85. The van der Waals surface area contributed by atoms with Crippen LogP contribution in [0.5, 0.6) is 5.75 Å². The van der Waals surface area contributed by atoms with E-state index in [0.29, 0.717) is 5.69 Å². The Morgan fingerprint density at radius 2 is 1.89 bits per heavy atom. The minimum atomic E-state index is -0.546. The second-order valence-electron chi connectivity index (χ2n) is 5.62. The summed E-state index contributed by atoms with van der Waals surface area (Å²) < 4.78 is 5.15. The minimum Gasteiger partial charge on any atom is -0.506 e. The van der Waals surface area contributed by atoms with Crippen LogP contribution in [0, 0.1) is 0 Å². The monoisotopic (exact) mass is 249 g/mol. The van der Waals surface area contributed by atoms with Crippen LogP contribution in [0.25, 0.3) is 0 Å². The molecular formula is C14H19NO3. The van der Waals surface area contributed by atoms with Gasteiger partial charge in [0, 0.05) is 0 Å². The summed E-state index contributed by atoms with van der Waals surface area (Å²) in [6.45, 7) is 5.40. The highest BCUT2D eigenvalue weighted by atomic mass is 16.6. The largest absolute Gasteiger partial charge is 0.506 e. The normalized spacial score (nSPS) is 14.2. The first-order valence-electron chi connectivity index (χ1n) is 6.20. The van der Waals surface area contributed by atoms with Gasteiger partial charge in [0.15, 0.2) is 0 Å². The number of hydrogen-bond acceptors (Lipinski definition) is 3. The molecule has 0 heterocycles. The quantitative estimate of drug-likeness (QED) is 0.751. The molecule has 4 nitrogen and oxygen atoms in total. The molecule has 0 saturated carbocycles.